The van der Waals surface area contributed by atoms with Crippen molar-refractivity contribution in [1.82, 2.24) is 9.97 Å². The standard InChI is InChI=1S/C19H16ClN3O4/c1-2-25-19(24)18-22-12-5-4-11(20)17(21)16(12)13(23-18)7-10-3-6-14-15(8-10)27-9-26-14/h3-6,8H,2,7,9,21H2,1H3. The van der Waals surface area contributed by atoms with Gasteiger partial charge in [-0.05, 0) is 36.8 Å². The highest BCUT2D eigenvalue weighted by Crippen LogP contribution is 2.35. The zero-order valence-electron chi connectivity index (χ0n) is 14.5. The first kappa shape index (κ1) is 17.4. The third-order valence-electron chi connectivity index (χ3n) is 4.19. The molecule has 0 bridgehead atoms. The van der Waals surface area contributed by atoms with Crippen molar-refractivity contribution in [1.29, 1.82) is 0 Å². The third kappa shape index (κ3) is 3.21. The molecule has 2 aromatic carbocycles. The van der Waals surface area contributed by atoms with Crippen LogP contribution in [0, 0.1) is 0 Å². The van der Waals surface area contributed by atoms with E-state index >= 15 is 0 Å². The molecule has 0 spiro atoms. The Kier molecular flexibility index (Phi) is 4.45. The molecular weight excluding hydrogens is 370 g/mol. The summed E-state index contributed by atoms with van der Waals surface area (Å²) < 4.78 is 15.8. The Balaban J connectivity index is 1.83. The van der Waals surface area contributed by atoms with Crippen LogP contribution in [0.4, 0.5) is 5.69 Å². The minimum atomic E-state index is -0.583. The highest BCUT2D eigenvalue weighted by atomic mass is 35.5. The van der Waals surface area contributed by atoms with Crippen LogP contribution in [0.2, 0.25) is 5.02 Å². The lowest BCUT2D eigenvalue weighted by atomic mass is 10.0. The number of hydrogen-bond donors (Lipinski definition) is 1. The van der Waals surface area contributed by atoms with Crippen LogP contribution < -0.4 is 15.2 Å². The maximum Gasteiger partial charge on any atom is 0.376 e. The predicted octanol–water partition coefficient (Wildman–Crippen LogP) is 3.36. The molecule has 0 radical (unpaired) electrons. The molecule has 8 heteroatoms. The van der Waals surface area contributed by atoms with Crippen molar-refractivity contribution in [3.05, 3.63) is 52.4 Å². The van der Waals surface area contributed by atoms with Crippen LogP contribution in [0.3, 0.4) is 0 Å². The van der Waals surface area contributed by atoms with E-state index in [0.29, 0.717) is 45.2 Å². The molecule has 3 aromatic rings. The van der Waals surface area contributed by atoms with Gasteiger partial charge in [0.25, 0.3) is 0 Å². The van der Waals surface area contributed by atoms with Crippen molar-refractivity contribution in [2.24, 2.45) is 0 Å². The smallest absolute Gasteiger partial charge is 0.376 e. The van der Waals surface area contributed by atoms with Gasteiger partial charge in [-0.25, -0.2) is 14.8 Å². The van der Waals surface area contributed by atoms with Gasteiger partial charge in [-0.3, -0.25) is 0 Å². The fraction of sp³-hybridized carbons (Fsp3) is 0.211. The van der Waals surface area contributed by atoms with E-state index in [1.54, 1.807) is 19.1 Å². The quantitative estimate of drug-likeness (QED) is 0.543. The van der Waals surface area contributed by atoms with Gasteiger partial charge in [0.15, 0.2) is 11.5 Å². The number of esters is 1. The first-order chi connectivity index (χ1) is 13.1. The van der Waals surface area contributed by atoms with E-state index < -0.39 is 5.97 Å². The molecule has 7 nitrogen and oxygen atoms in total. The number of hydrogen-bond acceptors (Lipinski definition) is 7. The summed E-state index contributed by atoms with van der Waals surface area (Å²) in [6.07, 6.45) is 0.409. The number of carbonyl (C=O) groups excluding carboxylic acids is 1. The highest BCUT2D eigenvalue weighted by molar-refractivity contribution is 6.34. The lowest BCUT2D eigenvalue weighted by Gasteiger charge is -2.12. The van der Waals surface area contributed by atoms with Gasteiger partial charge >= 0.3 is 5.97 Å². The Morgan fingerprint density at radius 2 is 2.04 bits per heavy atom. The van der Waals surface area contributed by atoms with E-state index in [-0.39, 0.29) is 19.2 Å². The number of nitrogens with zero attached hydrogens (tertiary/aromatic N) is 2. The number of nitrogens with two attached hydrogens (primary N) is 1. The van der Waals surface area contributed by atoms with Gasteiger partial charge in [0.05, 0.1) is 28.5 Å². The Bertz CT molecular complexity index is 1050. The number of nitrogen functional groups attached to an aromatic ring is 1. The van der Waals surface area contributed by atoms with Gasteiger partial charge in [0, 0.05) is 11.8 Å². The largest absolute Gasteiger partial charge is 0.460 e. The molecule has 0 atom stereocenters. The van der Waals surface area contributed by atoms with Crippen molar-refractivity contribution in [3.8, 4) is 11.5 Å². The molecule has 0 fully saturated rings. The van der Waals surface area contributed by atoms with Gasteiger partial charge in [-0.15, -0.1) is 0 Å². The van der Waals surface area contributed by atoms with E-state index in [9.17, 15) is 4.79 Å². The molecule has 2 N–H and O–H groups in total. The van der Waals surface area contributed by atoms with Gasteiger partial charge < -0.3 is 19.9 Å². The van der Waals surface area contributed by atoms with E-state index in [2.05, 4.69) is 9.97 Å². The molecule has 138 valence electrons. The zero-order valence-corrected chi connectivity index (χ0v) is 15.2. The van der Waals surface area contributed by atoms with Crippen LogP contribution in [0.25, 0.3) is 10.9 Å². The van der Waals surface area contributed by atoms with E-state index in [4.69, 9.17) is 31.5 Å². The fourth-order valence-corrected chi connectivity index (χ4v) is 3.12. The topological polar surface area (TPSA) is 96.6 Å². The maximum atomic E-state index is 12.2. The molecule has 1 aliphatic heterocycles. The number of aromatic nitrogens is 2. The van der Waals surface area contributed by atoms with Gasteiger partial charge in [-0.1, -0.05) is 17.7 Å². The average Bonchev–Trinajstić information content (AvgIpc) is 3.12. The lowest BCUT2D eigenvalue weighted by molar-refractivity contribution is 0.0512. The van der Waals surface area contributed by atoms with Crippen LogP contribution in [0.15, 0.2) is 30.3 Å². The SMILES string of the molecule is CCOC(=O)c1nc(Cc2ccc3c(c2)OCO3)c2c(N)c(Cl)ccc2n1. The monoisotopic (exact) mass is 385 g/mol. The van der Waals surface area contributed by atoms with Crippen molar-refractivity contribution >= 4 is 34.2 Å². The number of fused-ring (bicyclic) bond motifs is 2. The molecule has 0 amide bonds. The second-order valence-electron chi connectivity index (χ2n) is 5.93. The van der Waals surface area contributed by atoms with Gasteiger partial charge in [-0.2, -0.15) is 0 Å². The normalized spacial score (nSPS) is 12.4. The molecular formula is C19H16ClN3O4. The van der Waals surface area contributed by atoms with Crippen molar-refractivity contribution in [3.63, 3.8) is 0 Å². The number of halogens is 1. The number of benzene rings is 2. The Morgan fingerprint density at radius 3 is 2.85 bits per heavy atom. The number of rotatable bonds is 4. The summed E-state index contributed by atoms with van der Waals surface area (Å²) >= 11 is 6.18. The summed E-state index contributed by atoms with van der Waals surface area (Å²) in [5.41, 5.74) is 8.59. The molecule has 4 rings (SSSR count). The second kappa shape index (κ2) is 6.92. The molecule has 1 aliphatic rings. The van der Waals surface area contributed by atoms with Crippen LogP contribution >= 0.6 is 11.6 Å². The number of ether oxygens (including phenoxy) is 3. The average molecular weight is 386 g/mol. The summed E-state index contributed by atoms with van der Waals surface area (Å²) in [5.74, 6) is 0.769. The zero-order chi connectivity index (χ0) is 19.0. The summed E-state index contributed by atoms with van der Waals surface area (Å²) in [6.45, 7) is 2.16. The lowest BCUT2D eigenvalue weighted by Crippen LogP contribution is -2.12. The first-order valence-corrected chi connectivity index (χ1v) is 8.75. The third-order valence-corrected chi connectivity index (χ3v) is 4.52. The molecule has 1 aromatic heterocycles. The van der Waals surface area contributed by atoms with E-state index in [1.807, 2.05) is 18.2 Å². The number of anilines is 1. The molecule has 2 heterocycles. The molecule has 0 saturated carbocycles. The predicted molar refractivity (Wildman–Crippen MR) is 100 cm³/mol. The van der Waals surface area contributed by atoms with Crippen molar-refractivity contribution in [2.75, 3.05) is 19.1 Å². The van der Waals surface area contributed by atoms with Gasteiger partial charge in [0.1, 0.15) is 0 Å². The van der Waals surface area contributed by atoms with Crippen LogP contribution in [0.1, 0.15) is 28.8 Å². The highest BCUT2D eigenvalue weighted by Gasteiger charge is 2.19. The van der Waals surface area contributed by atoms with E-state index in [1.165, 1.54) is 0 Å². The molecule has 0 aliphatic carbocycles. The van der Waals surface area contributed by atoms with Crippen molar-refractivity contribution in [2.45, 2.75) is 13.3 Å². The van der Waals surface area contributed by atoms with Crippen molar-refractivity contribution < 1.29 is 19.0 Å². The Hall–Kier alpha value is -3.06. The van der Waals surface area contributed by atoms with Crippen LogP contribution in [-0.2, 0) is 11.2 Å². The van der Waals surface area contributed by atoms with Gasteiger partial charge in [0.2, 0.25) is 12.6 Å². The molecule has 0 unspecified atom stereocenters. The minimum absolute atomic E-state index is 0.0122. The summed E-state index contributed by atoms with van der Waals surface area (Å²) in [4.78, 5) is 20.9. The number of carbonyl (C=O) groups is 1. The first-order valence-electron chi connectivity index (χ1n) is 8.37. The summed E-state index contributed by atoms with van der Waals surface area (Å²) in [6, 6.07) is 8.98. The fourth-order valence-electron chi connectivity index (χ4n) is 2.96. The molecule has 0 saturated heterocycles. The summed E-state index contributed by atoms with van der Waals surface area (Å²) in [7, 11) is 0. The second-order valence-corrected chi connectivity index (χ2v) is 6.34. The maximum absolute atomic E-state index is 12.2. The summed E-state index contributed by atoms with van der Waals surface area (Å²) in [5, 5.41) is 1.02. The van der Waals surface area contributed by atoms with E-state index in [0.717, 1.165) is 5.56 Å². The molecule has 27 heavy (non-hydrogen) atoms. The minimum Gasteiger partial charge on any atom is -0.460 e. The van der Waals surface area contributed by atoms with Crippen LogP contribution in [0.5, 0.6) is 11.5 Å². The van der Waals surface area contributed by atoms with Crippen LogP contribution in [-0.4, -0.2) is 29.3 Å². The Labute approximate surface area is 160 Å². The Morgan fingerprint density at radius 1 is 1.22 bits per heavy atom.